The van der Waals surface area contributed by atoms with Crippen molar-refractivity contribution in [2.24, 2.45) is 0 Å². The Morgan fingerprint density at radius 3 is 2.00 bits per heavy atom. The maximum atomic E-state index is 10.4. The first kappa shape index (κ1) is 19.9. The van der Waals surface area contributed by atoms with Gasteiger partial charge in [-0.15, -0.1) is 0 Å². The topological polar surface area (TPSA) is 165 Å². The summed E-state index contributed by atoms with van der Waals surface area (Å²) >= 11 is 0. The van der Waals surface area contributed by atoms with Gasteiger partial charge in [-0.25, -0.2) is 4.57 Å². The monoisotopic (exact) mass is 284 g/mol. The Labute approximate surface area is 120 Å². The van der Waals surface area contributed by atoms with Gasteiger partial charge in [0, 0.05) is 0 Å². The third-order valence-corrected chi connectivity index (χ3v) is 2.18. The van der Waals surface area contributed by atoms with Crippen LogP contribution in [0.4, 0.5) is 0 Å². The summed E-state index contributed by atoms with van der Waals surface area (Å²) in [5.41, 5.74) is 0. The maximum absolute atomic E-state index is 10.4. The van der Waals surface area contributed by atoms with Crippen LogP contribution < -0.4 is 29.6 Å². The maximum Gasteiger partial charge on any atom is 1.00 e. The Morgan fingerprint density at radius 1 is 1.24 bits per heavy atom. The minimum atomic E-state index is -5.02. The largest absolute Gasteiger partial charge is 1.00 e. The predicted octanol–water partition coefficient (Wildman–Crippen LogP) is -6.15. The Bertz CT molecular complexity index is 274. The summed E-state index contributed by atoms with van der Waals surface area (Å²) in [4.78, 5) is 27.1. The molecule has 0 aliphatic rings. The number of hydrogen-bond donors (Lipinski definition) is 6. The minimum Gasteiger partial charge on any atom is -1.00 e. The number of rotatable bonds is 7. The van der Waals surface area contributed by atoms with E-state index in [1.165, 1.54) is 0 Å². The molecule has 0 radical (unpaired) electrons. The fourth-order valence-corrected chi connectivity index (χ4v) is 1.35. The molecule has 0 aliphatic heterocycles. The molecule has 0 saturated heterocycles. The first-order chi connectivity index (χ1) is 7.22. The summed E-state index contributed by atoms with van der Waals surface area (Å²) in [5, 5.41) is 35.7. The molecule has 11 heteroatoms. The van der Waals surface area contributed by atoms with Crippen molar-refractivity contribution in [1.29, 1.82) is 0 Å². The summed E-state index contributed by atoms with van der Waals surface area (Å²) in [6, 6.07) is 0. The van der Waals surface area contributed by atoms with Crippen LogP contribution in [0.3, 0.4) is 0 Å². The van der Waals surface area contributed by atoms with Crippen LogP contribution in [0.25, 0.3) is 0 Å². The summed E-state index contributed by atoms with van der Waals surface area (Å²) < 4.78 is 14.2. The SMILES string of the molecule is O=C[C@H](OP(=O)(O)O)[C@@H](O)[C@H](O)[C@H](O)CO.[H-].[Na+]. The van der Waals surface area contributed by atoms with Crippen molar-refractivity contribution in [1.82, 2.24) is 0 Å². The fourth-order valence-electron chi connectivity index (χ4n) is 0.856. The number of phosphoric acid groups is 1. The first-order valence-corrected chi connectivity index (χ1v) is 5.60. The molecule has 0 amide bonds. The minimum absolute atomic E-state index is 0. The molecule has 0 aliphatic carbocycles. The van der Waals surface area contributed by atoms with Crippen LogP contribution in [0.2, 0.25) is 0 Å². The number of aldehydes is 1. The second-order valence-corrected chi connectivity index (χ2v) is 4.12. The van der Waals surface area contributed by atoms with Crippen LogP contribution in [0.1, 0.15) is 1.43 Å². The van der Waals surface area contributed by atoms with E-state index in [0.29, 0.717) is 0 Å². The second-order valence-electron chi connectivity index (χ2n) is 2.93. The normalized spacial score (nSPS) is 18.7. The van der Waals surface area contributed by atoms with E-state index in [1.807, 2.05) is 0 Å². The smallest absolute Gasteiger partial charge is 1.00 e. The van der Waals surface area contributed by atoms with E-state index in [-0.39, 0.29) is 37.3 Å². The van der Waals surface area contributed by atoms with Gasteiger partial charge in [0.2, 0.25) is 0 Å². The summed E-state index contributed by atoms with van der Waals surface area (Å²) in [6.45, 7) is -0.903. The van der Waals surface area contributed by atoms with E-state index >= 15 is 0 Å². The number of aliphatic hydroxyl groups excluding tert-OH is 4. The molecule has 9 nitrogen and oxygen atoms in total. The molecule has 0 aromatic heterocycles. The molecular weight excluding hydrogens is 270 g/mol. The molecule has 0 saturated carbocycles. The zero-order valence-corrected chi connectivity index (χ0v) is 11.8. The molecule has 98 valence electrons. The van der Waals surface area contributed by atoms with Crippen molar-refractivity contribution in [2.75, 3.05) is 6.61 Å². The van der Waals surface area contributed by atoms with Gasteiger partial charge in [-0.2, -0.15) is 0 Å². The van der Waals surface area contributed by atoms with Crippen molar-refractivity contribution in [3.05, 3.63) is 0 Å². The quantitative estimate of drug-likeness (QED) is 0.151. The predicted molar refractivity (Wildman–Crippen MR) is 49.2 cm³/mol. The van der Waals surface area contributed by atoms with Gasteiger partial charge in [0.05, 0.1) is 6.61 Å². The molecule has 0 unspecified atom stereocenters. The molecule has 0 aromatic carbocycles. The fraction of sp³-hybridized carbons (Fsp3) is 0.833. The van der Waals surface area contributed by atoms with Gasteiger partial charge in [0.15, 0.2) is 12.4 Å². The van der Waals surface area contributed by atoms with E-state index in [4.69, 9.17) is 25.1 Å². The van der Waals surface area contributed by atoms with Crippen LogP contribution in [0.5, 0.6) is 0 Å². The molecular formula is C6H14NaO9P. The van der Waals surface area contributed by atoms with Gasteiger partial charge in [-0.1, -0.05) is 0 Å². The molecule has 0 rings (SSSR count). The van der Waals surface area contributed by atoms with Crippen LogP contribution in [0.15, 0.2) is 0 Å². The molecule has 0 fully saturated rings. The van der Waals surface area contributed by atoms with Gasteiger partial charge in [0.25, 0.3) is 0 Å². The molecule has 0 spiro atoms. The first-order valence-electron chi connectivity index (χ1n) is 4.07. The van der Waals surface area contributed by atoms with E-state index in [2.05, 4.69) is 4.52 Å². The van der Waals surface area contributed by atoms with Gasteiger partial charge < -0.3 is 36.4 Å². The van der Waals surface area contributed by atoms with E-state index in [1.54, 1.807) is 0 Å². The van der Waals surface area contributed by atoms with Crippen molar-refractivity contribution in [3.8, 4) is 0 Å². The molecule has 0 bridgehead atoms. The molecule has 17 heavy (non-hydrogen) atoms. The van der Waals surface area contributed by atoms with Crippen LogP contribution >= 0.6 is 7.82 Å². The van der Waals surface area contributed by atoms with E-state index in [0.717, 1.165) is 0 Å². The third-order valence-electron chi connectivity index (χ3n) is 1.66. The summed E-state index contributed by atoms with van der Waals surface area (Å²) in [6.07, 6.45) is -7.98. The van der Waals surface area contributed by atoms with Crippen LogP contribution in [0, 0.1) is 0 Å². The number of aliphatic hydroxyl groups is 4. The zero-order chi connectivity index (χ0) is 12.9. The summed E-state index contributed by atoms with van der Waals surface area (Å²) in [5.74, 6) is 0. The summed E-state index contributed by atoms with van der Waals surface area (Å²) in [7, 11) is -5.02. The zero-order valence-electron chi connectivity index (χ0n) is 9.95. The second kappa shape index (κ2) is 8.68. The average Bonchev–Trinajstić information content (AvgIpc) is 2.21. The Hall–Kier alpha value is 0.620. The third kappa shape index (κ3) is 7.60. The van der Waals surface area contributed by atoms with Gasteiger partial charge in [-0.3, -0.25) is 4.52 Å². The van der Waals surface area contributed by atoms with E-state index in [9.17, 15) is 14.5 Å². The molecule has 0 heterocycles. The van der Waals surface area contributed by atoms with Crippen molar-refractivity contribution in [2.45, 2.75) is 24.4 Å². The van der Waals surface area contributed by atoms with Crippen molar-refractivity contribution in [3.63, 3.8) is 0 Å². The van der Waals surface area contributed by atoms with Crippen molar-refractivity contribution < 1.29 is 75.1 Å². The molecule has 0 aromatic rings. The molecule has 4 atom stereocenters. The van der Waals surface area contributed by atoms with E-state index < -0.39 is 38.8 Å². The number of phosphoric ester groups is 1. The van der Waals surface area contributed by atoms with Crippen LogP contribution in [-0.4, -0.2) is 67.5 Å². The number of carbonyl (C=O) groups excluding carboxylic acids is 1. The van der Waals surface area contributed by atoms with Gasteiger partial charge in [-0.05, 0) is 0 Å². The van der Waals surface area contributed by atoms with Gasteiger partial charge in [0.1, 0.15) is 18.3 Å². The Kier molecular flexibility index (Phi) is 10.2. The Morgan fingerprint density at radius 2 is 1.71 bits per heavy atom. The van der Waals surface area contributed by atoms with Crippen LogP contribution in [-0.2, 0) is 13.9 Å². The Balaban J connectivity index is -0.00000112. The molecule has 6 N–H and O–H groups in total. The van der Waals surface area contributed by atoms with Crippen molar-refractivity contribution >= 4 is 14.1 Å². The number of hydrogen-bond acceptors (Lipinski definition) is 7. The van der Waals surface area contributed by atoms with Gasteiger partial charge >= 0.3 is 37.4 Å². The average molecular weight is 284 g/mol. The standard InChI is InChI=1S/C6H13O9P.Na.H/c7-1-3(9)5(10)6(11)4(2-8)15-16(12,13)14;;/h2-7,9-11H,1H2,(H2,12,13,14);;/q;+1;-1/t3-,4+,5-,6-;;/m1../s1. The number of carbonyl (C=O) groups is 1.